The molecule has 1 heterocycles. The summed E-state index contributed by atoms with van der Waals surface area (Å²) in [4.78, 5) is 43.0. The van der Waals surface area contributed by atoms with Crippen molar-refractivity contribution in [1.29, 1.82) is 0 Å². The lowest BCUT2D eigenvalue weighted by molar-refractivity contribution is -0.121. The van der Waals surface area contributed by atoms with E-state index < -0.39 is 17.8 Å². The van der Waals surface area contributed by atoms with E-state index in [4.69, 9.17) is 9.47 Å². The molecular weight excluding hydrogens is 584 g/mol. The highest BCUT2D eigenvalue weighted by Crippen LogP contribution is 2.39. The zero-order valence-corrected chi connectivity index (χ0v) is 24.1. The fourth-order valence-electron chi connectivity index (χ4n) is 4.54. The lowest BCUT2D eigenvalue weighted by Crippen LogP contribution is -2.57. The van der Waals surface area contributed by atoms with Gasteiger partial charge in [-0.2, -0.15) is 0 Å². The van der Waals surface area contributed by atoms with Gasteiger partial charge in [-0.05, 0) is 83.4 Å². The Hall–Kier alpha value is -4.69. The Bertz CT molecular complexity index is 1570. The molecule has 1 aliphatic rings. The highest BCUT2D eigenvalue weighted by molar-refractivity contribution is 9.10. The minimum absolute atomic E-state index is 0.167. The van der Waals surface area contributed by atoms with Gasteiger partial charge in [0.1, 0.15) is 12.2 Å². The summed E-state index contributed by atoms with van der Waals surface area (Å²) in [5.74, 6) is -0.476. The minimum atomic E-state index is -0.745. The van der Waals surface area contributed by atoms with Crippen molar-refractivity contribution in [2.45, 2.75) is 20.5 Å². The predicted molar refractivity (Wildman–Crippen MR) is 162 cm³/mol. The zero-order valence-electron chi connectivity index (χ0n) is 22.5. The number of aryl methyl sites for hydroxylation is 1. The largest absolute Gasteiger partial charge is 0.490 e. The van der Waals surface area contributed by atoms with E-state index >= 15 is 0 Å². The van der Waals surface area contributed by atoms with E-state index in [1.807, 2.05) is 38.1 Å². The maximum Gasteiger partial charge on any atom is 0.343 e. The van der Waals surface area contributed by atoms with Crippen LogP contribution in [0.4, 0.5) is 16.2 Å². The highest BCUT2D eigenvalue weighted by Gasteiger charge is 2.43. The van der Waals surface area contributed by atoms with Crippen molar-refractivity contribution in [3.63, 3.8) is 0 Å². The molecule has 7 nitrogen and oxygen atoms in total. The Morgan fingerprint density at radius 2 is 1.37 bits per heavy atom. The summed E-state index contributed by atoms with van der Waals surface area (Å²) < 4.78 is 12.6. The van der Waals surface area contributed by atoms with E-state index in [-0.39, 0.29) is 5.57 Å². The second-order valence-electron chi connectivity index (χ2n) is 9.33. The minimum Gasteiger partial charge on any atom is -0.490 e. The molecule has 41 heavy (non-hydrogen) atoms. The molecule has 4 aromatic rings. The number of para-hydroxylation sites is 2. The summed E-state index contributed by atoms with van der Waals surface area (Å²) in [5, 5.41) is 0. The molecule has 0 unspecified atom stereocenters. The third-order valence-electron chi connectivity index (χ3n) is 6.39. The standard InChI is InChI=1S/C33H27BrN2O5/c1-3-40-29-20-24(19-28(34)30(29)41-21-23-12-10-11-22(2)17-23)18-27-31(37)35(25-13-6-4-7-14-25)33(39)36(32(27)38)26-15-8-5-9-16-26/h4-20H,3,21H2,1-2H3. The molecule has 1 aliphatic heterocycles. The molecule has 0 aromatic heterocycles. The van der Waals surface area contributed by atoms with E-state index in [0.717, 1.165) is 20.9 Å². The van der Waals surface area contributed by atoms with Crippen LogP contribution < -0.4 is 19.3 Å². The number of halogens is 1. The van der Waals surface area contributed by atoms with E-state index in [2.05, 4.69) is 15.9 Å². The van der Waals surface area contributed by atoms with Crippen molar-refractivity contribution < 1.29 is 23.9 Å². The third kappa shape index (κ3) is 5.93. The summed E-state index contributed by atoms with van der Waals surface area (Å²) >= 11 is 3.58. The van der Waals surface area contributed by atoms with Crippen LogP contribution in [0, 0.1) is 6.92 Å². The van der Waals surface area contributed by atoms with Crippen molar-refractivity contribution >= 4 is 51.2 Å². The number of barbiturate groups is 1. The Morgan fingerprint density at radius 1 is 0.756 bits per heavy atom. The molecule has 0 bridgehead atoms. The molecule has 4 aromatic carbocycles. The van der Waals surface area contributed by atoms with E-state index in [1.165, 1.54) is 6.08 Å². The van der Waals surface area contributed by atoms with Gasteiger partial charge in [0.25, 0.3) is 11.8 Å². The van der Waals surface area contributed by atoms with E-state index in [9.17, 15) is 14.4 Å². The molecule has 0 atom stereocenters. The number of anilines is 2. The lowest BCUT2D eigenvalue weighted by Gasteiger charge is -2.34. The summed E-state index contributed by atoms with van der Waals surface area (Å²) in [7, 11) is 0. The van der Waals surface area contributed by atoms with Gasteiger partial charge in [-0.25, -0.2) is 14.6 Å². The van der Waals surface area contributed by atoms with Gasteiger partial charge in [-0.3, -0.25) is 9.59 Å². The first kappa shape index (κ1) is 27.9. The molecule has 0 spiro atoms. The first-order valence-electron chi connectivity index (χ1n) is 13.1. The van der Waals surface area contributed by atoms with E-state index in [1.54, 1.807) is 72.8 Å². The van der Waals surface area contributed by atoms with Crippen molar-refractivity contribution in [3.8, 4) is 11.5 Å². The molecular formula is C33H27BrN2O5. The third-order valence-corrected chi connectivity index (χ3v) is 6.98. The van der Waals surface area contributed by atoms with Crippen LogP contribution >= 0.6 is 15.9 Å². The zero-order chi connectivity index (χ0) is 28.9. The SMILES string of the molecule is CCOc1cc(C=C2C(=O)N(c3ccccc3)C(=O)N(c3ccccc3)C2=O)cc(Br)c1OCc1cccc(C)c1. The summed E-state index contributed by atoms with van der Waals surface area (Å²) in [6.07, 6.45) is 1.47. The molecule has 1 saturated heterocycles. The van der Waals surface area contributed by atoms with Gasteiger partial charge in [0, 0.05) is 0 Å². The summed E-state index contributed by atoms with van der Waals surface area (Å²) in [5.41, 5.74) is 3.22. The molecule has 4 amide bonds. The Balaban J connectivity index is 1.55. The number of imide groups is 2. The molecule has 0 saturated carbocycles. The predicted octanol–water partition coefficient (Wildman–Crippen LogP) is 7.32. The van der Waals surface area contributed by atoms with Crippen LogP contribution in [0.15, 0.2) is 107 Å². The van der Waals surface area contributed by atoms with Crippen LogP contribution in [0.2, 0.25) is 0 Å². The number of nitrogens with zero attached hydrogens (tertiary/aromatic N) is 2. The molecule has 5 rings (SSSR count). The molecule has 0 aliphatic carbocycles. The topological polar surface area (TPSA) is 76.2 Å². The average Bonchev–Trinajstić information content (AvgIpc) is 2.96. The average molecular weight is 611 g/mol. The quantitative estimate of drug-likeness (QED) is 0.154. The fraction of sp³-hybridized carbons (Fsp3) is 0.121. The monoisotopic (exact) mass is 610 g/mol. The first-order valence-corrected chi connectivity index (χ1v) is 13.9. The highest BCUT2D eigenvalue weighted by atomic mass is 79.9. The molecule has 8 heteroatoms. The van der Waals surface area contributed by atoms with Crippen molar-refractivity contribution in [2.24, 2.45) is 0 Å². The number of rotatable bonds is 8. The van der Waals surface area contributed by atoms with Crippen LogP contribution in [0.1, 0.15) is 23.6 Å². The van der Waals surface area contributed by atoms with E-state index in [0.29, 0.717) is 46.1 Å². The summed E-state index contributed by atoms with van der Waals surface area (Å²) in [6.45, 7) is 4.59. The molecule has 0 radical (unpaired) electrons. The van der Waals surface area contributed by atoms with Gasteiger partial charge in [0.2, 0.25) is 0 Å². The van der Waals surface area contributed by atoms with Crippen LogP contribution in [-0.4, -0.2) is 24.5 Å². The molecule has 0 N–H and O–H groups in total. The van der Waals surface area contributed by atoms with Crippen LogP contribution in [-0.2, 0) is 16.2 Å². The van der Waals surface area contributed by atoms with Crippen molar-refractivity contribution in [2.75, 3.05) is 16.4 Å². The van der Waals surface area contributed by atoms with Crippen LogP contribution in [0.5, 0.6) is 11.5 Å². The van der Waals surface area contributed by atoms with Gasteiger partial charge < -0.3 is 9.47 Å². The Labute approximate surface area is 246 Å². The van der Waals surface area contributed by atoms with Gasteiger partial charge in [-0.15, -0.1) is 0 Å². The maximum atomic E-state index is 13.7. The Morgan fingerprint density at radius 3 is 1.93 bits per heavy atom. The van der Waals surface area contributed by atoms with Gasteiger partial charge >= 0.3 is 6.03 Å². The maximum absolute atomic E-state index is 13.7. The number of urea groups is 1. The Kier molecular flexibility index (Phi) is 8.31. The molecule has 1 fully saturated rings. The van der Waals surface area contributed by atoms with Crippen LogP contribution in [0.3, 0.4) is 0 Å². The first-order chi connectivity index (χ1) is 19.9. The number of hydrogen-bond acceptors (Lipinski definition) is 5. The fourth-order valence-corrected chi connectivity index (χ4v) is 5.11. The number of benzene rings is 4. The number of amides is 4. The molecule has 206 valence electrons. The number of ether oxygens (including phenoxy) is 2. The lowest BCUT2D eigenvalue weighted by atomic mass is 10.0. The van der Waals surface area contributed by atoms with Crippen molar-refractivity contribution in [1.82, 2.24) is 0 Å². The van der Waals surface area contributed by atoms with Gasteiger partial charge in [0.15, 0.2) is 11.5 Å². The van der Waals surface area contributed by atoms with Crippen molar-refractivity contribution in [3.05, 3.63) is 124 Å². The number of hydrogen-bond donors (Lipinski definition) is 0. The number of carbonyl (C=O) groups is 3. The van der Waals surface area contributed by atoms with Crippen LogP contribution in [0.25, 0.3) is 6.08 Å². The summed E-state index contributed by atoms with van der Waals surface area (Å²) in [6, 6.07) is 27.8. The smallest absolute Gasteiger partial charge is 0.343 e. The van der Waals surface area contributed by atoms with Gasteiger partial charge in [-0.1, -0.05) is 66.2 Å². The van der Waals surface area contributed by atoms with Gasteiger partial charge in [0.05, 0.1) is 22.5 Å². The second kappa shape index (κ2) is 12.2. The number of carbonyl (C=O) groups excluding carboxylic acids is 3. The second-order valence-corrected chi connectivity index (χ2v) is 10.2. The normalized spacial score (nSPS) is 13.4.